The number of hydrogen-bond donors (Lipinski definition) is 2. The number of methoxy groups -OCH3 is 1. The van der Waals surface area contributed by atoms with Gasteiger partial charge >= 0.3 is 5.97 Å². The molecule has 2 aliphatic carbocycles. The Kier molecular flexibility index (Phi) is 3.61. The molecule has 0 saturated heterocycles. The third-order valence-corrected chi connectivity index (χ3v) is 6.46. The molecule has 1 spiro atoms. The van der Waals surface area contributed by atoms with E-state index in [1.807, 2.05) is 19.1 Å². The molecule has 1 fully saturated rings. The Hall–Kier alpha value is -1.33. The van der Waals surface area contributed by atoms with Gasteiger partial charge in [-0.1, -0.05) is 41.1 Å². The molecule has 1 aromatic rings. The number of benzene rings is 1. The molecule has 1 aromatic carbocycles. The van der Waals surface area contributed by atoms with Crippen LogP contribution in [-0.4, -0.2) is 28.6 Å². The number of hydrogen-bond acceptors (Lipinski definition) is 3. The van der Waals surface area contributed by atoms with Gasteiger partial charge in [-0.15, -0.1) is 0 Å². The van der Waals surface area contributed by atoms with E-state index in [1.165, 1.54) is 5.56 Å². The van der Waals surface area contributed by atoms with E-state index in [0.717, 1.165) is 11.3 Å². The lowest BCUT2D eigenvalue weighted by molar-refractivity contribution is -0.147. The van der Waals surface area contributed by atoms with Gasteiger partial charge < -0.3 is 15.6 Å². The first-order valence-electron chi connectivity index (χ1n) is 7.37. The lowest BCUT2D eigenvalue weighted by Crippen LogP contribution is -2.61. The van der Waals surface area contributed by atoms with Gasteiger partial charge in [-0.2, -0.15) is 0 Å². The molecule has 118 valence electrons. The van der Waals surface area contributed by atoms with Gasteiger partial charge in [0.15, 0.2) is 0 Å². The van der Waals surface area contributed by atoms with Gasteiger partial charge in [0.05, 0.1) is 7.11 Å². The third kappa shape index (κ3) is 2.02. The number of allylic oxidation sites excluding steroid dienone is 1. The molecule has 4 nitrogen and oxygen atoms in total. The van der Waals surface area contributed by atoms with Gasteiger partial charge in [-0.25, -0.2) is 0 Å². The van der Waals surface area contributed by atoms with E-state index < -0.39 is 11.5 Å². The fraction of sp³-hybridized carbons (Fsp3) is 0.471. The maximum absolute atomic E-state index is 11.6. The van der Waals surface area contributed by atoms with Crippen LogP contribution in [0.25, 0.3) is 6.08 Å². The maximum Gasteiger partial charge on any atom is 0.323 e. The smallest absolute Gasteiger partial charge is 0.323 e. The topological polar surface area (TPSA) is 72.5 Å². The minimum atomic E-state index is -1.19. The van der Waals surface area contributed by atoms with Crippen molar-refractivity contribution in [2.24, 2.45) is 11.7 Å². The van der Waals surface area contributed by atoms with E-state index in [2.05, 4.69) is 34.1 Å². The molecule has 4 atom stereocenters. The summed E-state index contributed by atoms with van der Waals surface area (Å²) in [6.07, 6.45) is 5.39. The van der Waals surface area contributed by atoms with Gasteiger partial charge in [0, 0.05) is 10.2 Å². The van der Waals surface area contributed by atoms with Crippen LogP contribution in [0.2, 0.25) is 0 Å². The molecule has 4 unspecified atom stereocenters. The number of halogens is 1. The average Bonchev–Trinajstić information content (AvgIpc) is 2.84. The molecule has 3 rings (SSSR count). The Morgan fingerprint density at radius 1 is 1.45 bits per heavy atom. The van der Waals surface area contributed by atoms with Crippen LogP contribution >= 0.6 is 15.9 Å². The van der Waals surface area contributed by atoms with Crippen molar-refractivity contribution in [2.75, 3.05) is 7.11 Å². The first kappa shape index (κ1) is 15.6. The minimum Gasteiger partial charge on any atom is -0.497 e. The molecule has 0 heterocycles. The monoisotopic (exact) mass is 365 g/mol. The number of ether oxygens (including phenoxy) is 1. The zero-order chi connectivity index (χ0) is 16.1. The summed E-state index contributed by atoms with van der Waals surface area (Å²) in [4.78, 5) is 11.6. The van der Waals surface area contributed by atoms with E-state index >= 15 is 0 Å². The van der Waals surface area contributed by atoms with Gasteiger partial charge in [0.1, 0.15) is 11.3 Å². The van der Waals surface area contributed by atoms with Crippen molar-refractivity contribution in [1.29, 1.82) is 0 Å². The first-order chi connectivity index (χ1) is 10.3. The van der Waals surface area contributed by atoms with Crippen LogP contribution in [0.5, 0.6) is 5.75 Å². The number of aliphatic carboxylic acids is 1. The number of alkyl halides is 1. The summed E-state index contributed by atoms with van der Waals surface area (Å²) in [6.45, 7) is 1.93. The number of rotatable bonds is 2. The van der Waals surface area contributed by atoms with Crippen molar-refractivity contribution in [3.8, 4) is 5.75 Å². The molecule has 3 N–H and O–H groups in total. The highest BCUT2D eigenvalue weighted by atomic mass is 79.9. The highest BCUT2D eigenvalue weighted by Crippen LogP contribution is 2.53. The van der Waals surface area contributed by atoms with E-state index in [1.54, 1.807) is 7.11 Å². The highest BCUT2D eigenvalue weighted by molar-refractivity contribution is 9.09. The lowest BCUT2D eigenvalue weighted by atomic mass is 9.61. The van der Waals surface area contributed by atoms with Crippen LogP contribution in [0, 0.1) is 5.92 Å². The van der Waals surface area contributed by atoms with Crippen LogP contribution in [0.1, 0.15) is 30.9 Å². The van der Waals surface area contributed by atoms with Gasteiger partial charge in [0.2, 0.25) is 0 Å². The average molecular weight is 366 g/mol. The number of carboxylic acid groups (broad SMARTS) is 1. The highest BCUT2D eigenvalue weighted by Gasteiger charge is 2.55. The largest absolute Gasteiger partial charge is 0.497 e. The van der Waals surface area contributed by atoms with Crippen molar-refractivity contribution >= 4 is 28.0 Å². The summed E-state index contributed by atoms with van der Waals surface area (Å²) >= 11 is 3.72. The maximum atomic E-state index is 11.6. The standard InChI is InChI=1S/C17H20BrNO3/c1-10-8-16(14(18)9-17(10,19)15(20)21)6-5-11-3-4-12(22-2)7-13(11)16/h3-7,10,14H,8-9,19H2,1-2H3,(H,20,21). The summed E-state index contributed by atoms with van der Waals surface area (Å²) in [7, 11) is 1.65. The molecule has 2 aliphatic rings. The van der Waals surface area contributed by atoms with Crippen LogP contribution in [-0.2, 0) is 10.2 Å². The number of carbonyl (C=O) groups is 1. The minimum absolute atomic E-state index is 0.0260. The second-order valence-corrected chi connectivity index (χ2v) is 7.55. The molecular formula is C17H20BrNO3. The second kappa shape index (κ2) is 5.10. The SMILES string of the molecule is COc1ccc2c(c1)C1(C=C2)CC(C)C(N)(C(=O)O)CC1Br. The van der Waals surface area contributed by atoms with Crippen molar-refractivity contribution in [3.05, 3.63) is 35.4 Å². The Bertz CT molecular complexity index is 659. The van der Waals surface area contributed by atoms with Gasteiger partial charge in [-0.3, -0.25) is 4.79 Å². The van der Waals surface area contributed by atoms with Gasteiger partial charge in [0.25, 0.3) is 0 Å². The first-order valence-corrected chi connectivity index (χ1v) is 8.29. The summed E-state index contributed by atoms with van der Waals surface area (Å²) in [5.41, 5.74) is 7.13. The van der Waals surface area contributed by atoms with E-state index in [9.17, 15) is 9.90 Å². The number of carboxylic acids is 1. The normalized spacial score (nSPS) is 36.4. The fourth-order valence-corrected chi connectivity index (χ4v) is 4.91. The molecule has 0 radical (unpaired) electrons. The van der Waals surface area contributed by atoms with Crippen molar-refractivity contribution in [2.45, 2.75) is 35.5 Å². The summed E-state index contributed by atoms with van der Waals surface area (Å²) in [5.74, 6) is -0.232. The van der Waals surface area contributed by atoms with Gasteiger partial charge in [-0.05, 0) is 42.0 Å². The Morgan fingerprint density at radius 2 is 2.18 bits per heavy atom. The fourth-order valence-electron chi connectivity index (χ4n) is 3.78. The van der Waals surface area contributed by atoms with Crippen molar-refractivity contribution in [1.82, 2.24) is 0 Å². The second-order valence-electron chi connectivity index (χ2n) is 6.45. The van der Waals surface area contributed by atoms with Crippen molar-refractivity contribution in [3.63, 3.8) is 0 Å². The lowest BCUT2D eigenvalue weighted by Gasteiger charge is -2.48. The zero-order valence-electron chi connectivity index (χ0n) is 12.7. The van der Waals surface area contributed by atoms with Crippen molar-refractivity contribution < 1.29 is 14.6 Å². The summed E-state index contributed by atoms with van der Waals surface area (Å²) in [6, 6.07) is 6.05. The molecular weight excluding hydrogens is 346 g/mol. The Morgan fingerprint density at radius 3 is 2.82 bits per heavy atom. The molecule has 22 heavy (non-hydrogen) atoms. The van der Waals surface area contributed by atoms with E-state index in [-0.39, 0.29) is 16.2 Å². The number of fused-ring (bicyclic) bond motifs is 2. The number of nitrogens with two attached hydrogens (primary N) is 1. The van der Waals surface area contributed by atoms with Crippen LogP contribution < -0.4 is 10.5 Å². The molecule has 0 aliphatic heterocycles. The summed E-state index contributed by atoms with van der Waals surface area (Å²) in [5, 5.41) is 9.51. The molecule has 0 aromatic heterocycles. The van der Waals surface area contributed by atoms with Crippen LogP contribution in [0.15, 0.2) is 24.3 Å². The van der Waals surface area contributed by atoms with E-state index in [4.69, 9.17) is 10.5 Å². The van der Waals surface area contributed by atoms with E-state index in [0.29, 0.717) is 12.8 Å². The van der Waals surface area contributed by atoms with Crippen LogP contribution in [0.3, 0.4) is 0 Å². The molecule has 5 heteroatoms. The predicted octanol–water partition coefficient (Wildman–Crippen LogP) is 2.94. The van der Waals surface area contributed by atoms with Crippen LogP contribution in [0.4, 0.5) is 0 Å². The predicted molar refractivity (Wildman–Crippen MR) is 89.4 cm³/mol. The quantitative estimate of drug-likeness (QED) is 0.790. The third-order valence-electron chi connectivity index (χ3n) is 5.32. The molecule has 0 amide bonds. The molecule has 1 saturated carbocycles. The zero-order valence-corrected chi connectivity index (χ0v) is 14.3. The Labute approximate surface area is 138 Å². The summed E-state index contributed by atoms with van der Waals surface area (Å²) < 4.78 is 5.35. The molecule has 0 bridgehead atoms. The Balaban J connectivity index is 2.04.